The normalized spacial score (nSPS) is 10.2. The summed E-state index contributed by atoms with van der Waals surface area (Å²) in [5.41, 5.74) is 0.638. The van der Waals surface area contributed by atoms with Gasteiger partial charge in [-0.2, -0.15) is 0 Å². The fourth-order valence-corrected chi connectivity index (χ4v) is 2.04. The average molecular weight is 343 g/mol. The highest BCUT2D eigenvalue weighted by molar-refractivity contribution is 6.35. The maximum atomic E-state index is 11.8. The van der Waals surface area contributed by atoms with Gasteiger partial charge in [-0.3, -0.25) is 9.59 Å². The van der Waals surface area contributed by atoms with Crippen molar-refractivity contribution in [1.82, 2.24) is 15.6 Å². The van der Waals surface area contributed by atoms with Crippen molar-refractivity contribution in [2.45, 2.75) is 26.4 Å². The summed E-state index contributed by atoms with van der Waals surface area (Å²) in [6.45, 7) is 3.68. The Morgan fingerprint density at radius 1 is 1.08 bits per heavy atom. The second-order valence-corrected chi connectivity index (χ2v) is 5.53. The fourth-order valence-electron chi connectivity index (χ4n) is 2.04. The number of carbonyl (C=O) groups excluding carboxylic acids is 2. The first kappa shape index (κ1) is 18.3. The molecule has 1 aromatic carbocycles. The van der Waals surface area contributed by atoms with Gasteiger partial charge in [-0.25, -0.2) is 4.98 Å². The Bertz CT molecular complexity index is 747. The highest BCUT2D eigenvalue weighted by Gasteiger charge is 2.15. The Morgan fingerprint density at radius 2 is 1.80 bits per heavy atom. The molecule has 2 aromatic rings. The van der Waals surface area contributed by atoms with E-state index in [2.05, 4.69) is 15.6 Å². The molecular weight excluding hydrogens is 322 g/mol. The van der Waals surface area contributed by atoms with E-state index >= 15 is 0 Å². The molecule has 7 nitrogen and oxygen atoms in total. The highest BCUT2D eigenvalue weighted by atomic mass is 16.5. The van der Waals surface area contributed by atoms with E-state index in [-0.39, 0.29) is 12.6 Å². The number of nitrogens with one attached hydrogen (secondary N) is 2. The lowest BCUT2D eigenvalue weighted by molar-refractivity contribution is -0.139. The summed E-state index contributed by atoms with van der Waals surface area (Å²) in [6, 6.07) is 10.6. The molecule has 25 heavy (non-hydrogen) atoms. The van der Waals surface area contributed by atoms with E-state index in [1.54, 1.807) is 51.4 Å². The maximum absolute atomic E-state index is 11.8. The molecule has 0 aliphatic carbocycles. The molecule has 2 rings (SSSR count). The number of ether oxygens (including phenoxy) is 2. The number of hydrogen-bond acceptors (Lipinski definition) is 5. The Labute approximate surface area is 146 Å². The predicted molar refractivity (Wildman–Crippen MR) is 92.4 cm³/mol. The number of carbonyl (C=O) groups is 2. The zero-order chi connectivity index (χ0) is 18.2. The van der Waals surface area contributed by atoms with Crippen LogP contribution in [-0.2, 0) is 16.1 Å². The zero-order valence-electron chi connectivity index (χ0n) is 14.4. The number of amides is 2. The molecule has 0 unspecified atom stereocenters. The summed E-state index contributed by atoms with van der Waals surface area (Å²) in [4.78, 5) is 27.7. The average Bonchev–Trinajstić information content (AvgIpc) is 2.60. The summed E-state index contributed by atoms with van der Waals surface area (Å²) in [6.07, 6.45) is 1.58. The van der Waals surface area contributed by atoms with Crippen molar-refractivity contribution < 1.29 is 19.1 Å². The molecule has 0 spiro atoms. The predicted octanol–water partition coefficient (Wildman–Crippen LogP) is 2.02. The molecule has 0 saturated heterocycles. The molecule has 0 bridgehead atoms. The number of benzene rings is 1. The van der Waals surface area contributed by atoms with E-state index < -0.39 is 11.8 Å². The zero-order valence-corrected chi connectivity index (χ0v) is 14.4. The first-order valence-electron chi connectivity index (χ1n) is 7.84. The summed E-state index contributed by atoms with van der Waals surface area (Å²) in [5.74, 6) is 0.0247. The molecule has 7 heteroatoms. The fraction of sp³-hybridized carbons (Fsp3) is 0.278. The maximum Gasteiger partial charge on any atom is 0.309 e. The lowest BCUT2D eigenvalue weighted by Gasteiger charge is -2.13. The van der Waals surface area contributed by atoms with Gasteiger partial charge in [0, 0.05) is 24.3 Å². The number of methoxy groups -OCH3 is 1. The van der Waals surface area contributed by atoms with Crippen LogP contribution in [0.3, 0.4) is 0 Å². The molecule has 132 valence electrons. The molecule has 0 atom stereocenters. The quantitative estimate of drug-likeness (QED) is 0.783. The number of hydrogen-bond donors (Lipinski definition) is 2. The van der Waals surface area contributed by atoms with Gasteiger partial charge in [-0.05, 0) is 32.0 Å². The lowest BCUT2D eigenvalue weighted by atomic mass is 10.2. The molecule has 2 N–H and O–H groups in total. The number of aromatic nitrogens is 1. The van der Waals surface area contributed by atoms with Gasteiger partial charge >= 0.3 is 11.8 Å². The van der Waals surface area contributed by atoms with Crippen LogP contribution >= 0.6 is 0 Å². The second-order valence-electron chi connectivity index (χ2n) is 5.53. The summed E-state index contributed by atoms with van der Waals surface area (Å²) in [7, 11) is 1.55. The van der Waals surface area contributed by atoms with Crippen LogP contribution in [0.15, 0.2) is 42.6 Å². The van der Waals surface area contributed by atoms with Gasteiger partial charge in [0.05, 0.1) is 7.11 Å². The van der Waals surface area contributed by atoms with Crippen molar-refractivity contribution in [3.05, 3.63) is 48.2 Å². The van der Waals surface area contributed by atoms with Crippen molar-refractivity contribution in [1.29, 1.82) is 0 Å². The third kappa shape index (κ3) is 5.20. The van der Waals surface area contributed by atoms with Crippen molar-refractivity contribution in [3.8, 4) is 17.4 Å². The van der Waals surface area contributed by atoms with E-state index in [9.17, 15) is 9.59 Å². The van der Waals surface area contributed by atoms with Gasteiger partial charge in [0.2, 0.25) is 5.88 Å². The van der Waals surface area contributed by atoms with Gasteiger partial charge in [0.1, 0.15) is 0 Å². The Balaban J connectivity index is 2.08. The molecular formula is C18H21N3O4. The van der Waals surface area contributed by atoms with Crippen LogP contribution in [-0.4, -0.2) is 29.9 Å². The van der Waals surface area contributed by atoms with Crippen molar-refractivity contribution in [2.75, 3.05) is 7.11 Å². The topological polar surface area (TPSA) is 89.6 Å². The number of nitrogens with zero attached hydrogens (tertiary/aromatic N) is 1. The smallest absolute Gasteiger partial charge is 0.309 e. The van der Waals surface area contributed by atoms with Crippen LogP contribution in [0.5, 0.6) is 17.4 Å². The minimum absolute atomic E-state index is 0.110. The molecule has 0 fully saturated rings. The van der Waals surface area contributed by atoms with E-state index in [0.717, 1.165) is 0 Å². The number of pyridine rings is 1. The lowest BCUT2D eigenvalue weighted by Crippen LogP contribution is -2.42. The van der Waals surface area contributed by atoms with Crippen LogP contribution in [0.25, 0.3) is 0 Å². The Morgan fingerprint density at radius 3 is 2.48 bits per heavy atom. The Kier molecular flexibility index (Phi) is 6.33. The first-order chi connectivity index (χ1) is 12.0. The second kappa shape index (κ2) is 8.68. The van der Waals surface area contributed by atoms with E-state index in [4.69, 9.17) is 9.47 Å². The third-order valence-electron chi connectivity index (χ3n) is 3.19. The van der Waals surface area contributed by atoms with Crippen LogP contribution in [0.1, 0.15) is 19.4 Å². The Hall–Kier alpha value is -3.09. The highest BCUT2D eigenvalue weighted by Crippen LogP contribution is 2.31. The van der Waals surface area contributed by atoms with Gasteiger partial charge in [-0.1, -0.05) is 18.2 Å². The standard InChI is InChI=1S/C18H21N3O4/c1-12(2)21-17(23)16(22)20-11-13-7-6-10-19-18(13)25-15-9-5-4-8-14(15)24-3/h4-10,12H,11H2,1-3H3,(H,20,22)(H,21,23). The van der Waals surface area contributed by atoms with Crippen molar-refractivity contribution in [2.24, 2.45) is 0 Å². The summed E-state index contributed by atoms with van der Waals surface area (Å²) < 4.78 is 11.0. The van der Waals surface area contributed by atoms with Gasteiger partial charge in [0.25, 0.3) is 0 Å². The van der Waals surface area contributed by atoms with Crippen LogP contribution in [0.2, 0.25) is 0 Å². The summed E-state index contributed by atoms with van der Waals surface area (Å²) >= 11 is 0. The monoisotopic (exact) mass is 343 g/mol. The van der Waals surface area contributed by atoms with Gasteiger partial charge in [-0.15, -0.1) is 0 Å². The van der Waals surface area contributed by atoms with Crippen molar-refractivity contribution >= 4 is 11.8 Å². The number of rotatable bonds is 6. The van der Waals surface area contributed by atoms with Gasteiger partial charge < -0.3 is 20.1 Å². The minimum Gasteiger partial charge on any atom is -0.493 e. The van der Waals surface area contributed by atoms with Crippen LogP contribution in [0, 0.1) is 0 Å². The molecule has 1 aromatic heterocycles. The molecule has 0 saturated carbocycles. The van der Waals surface area contributed by atoms with E-state index in [1.165, 1.54) is 0 Å². The third-order valence-corrected chi connectivity index (χ3v) is 3.19. The molecule has 0 aliphatic rings. The van der Waals surface area contributed by atoms with E-state index in [1.807, 2.05) is 12.1 Å². The first-order valence-corrected chi connectivity index (χ1v) is 7.84. The molecule has 0 radical (unpaired) electrons. The summed E-state index contributed by atoms with van der Waals surface area (Å²) in [5, 5.41) is 5.09. The van der Waals surface area contributed by atoms with Crippen molar-refractivity contribution in [3.63, 3.8) is 0 Å². The van der Waals surface area contributed by atoms with Crippen LogP contribution in [0.4, 0.5) is 0 Å². The number of para-hydroxylation sites is 2. The van der Waals surface area contributed by atoms with Crippen LogP contribution < -0.4 is 20.1 Å². The van der Waals surface area contributed by atoms with E-state index in [0.29, 0.717) is 22.9 Å². The molecule has 1 heterocycles. The molecule has 2 amide bonds. The largest absolute Gasteiger partial charge is 0.493 e. The SMILES string of the molecule is COc1ccccc1Oc1ncccc1CNC(=O)C(=O)NC(C)C. The minimum atomic E-state index is -0.708. The van der Waals surface area contributed by atoms with Gasteiger partial charge in [0.15, 0.2) is 11.5 Å². The molecule has 0 aliphatic heterocycles.